The van der Waals surface area contributed by atoms with Crippen molar-refractivity contribution in [3.63, 3.8) is 0 Å². The van der Waals surface area contributed by atoms with Crippen molar-refractivity contribution in [2.45, 2.75) is 18.9 Å². The fraction of sp³-hybridized carbons (Fsp3) is 0.833. The third-order valence-corrected chi connectivity index (χ3v) is 1.85. The van der Waals surface area contributed by atoms with Gasteiger partial charge in [0.2, 0.25) is 0 Å². The molecule has 2 rings (SSSR count). The number of carbonyl (C=O) groups excluding carboxylic acids is 1. The average molecular weight is 127 g/mol. The van der Waals surface area contributed by atoms with E-state index in [4.69, 9.17) is 4.74 Å². The number of cyclic esters (lactones) is 1. The Balaban J connectivity index is 1.92. The summed E-state index contributed by atoms with van der Waals surface area (Å²) >= 11 is 0. The number of amides is 1. The summed E-state index contributed by atoms with van der Waals surface area (Å²) in [6, 6.07) is 0. The van der Waals surface area contributed by atoms with E-state index in [1.165, 1.54) is 12.8 Å². The van der Waals surface area contributed by atoms with Crippen LogP contribution in [0.25, 0.3) is 0 Å². The fourth-order valence-corrected chi connectivity index (χ4v) is 1.14. The van der Waals surface area contributed by atoms with Crippen LogP contribution in [-0.4, -0.2) is 18.7 Å². The molecule has 2 fully saturated rings. The van der Waals surface area contributed by atoms with E-state index in [1.54, 1.807) is 0 Å². The average Bonchev–Trinajstić information content (AvgIpc) is 2.58. The predicted molar refractivity (Wildman–Crippen MR) is 31.0 cm³/mol. The summed E-state index contributed by atoms with van der Waals surface area (Å²) in [6.45, 7) is 0.726. The van der Waals surface area contributed by atoms with Gasteiger partial charge in [-0.1, -0.05) is 0 Å². The second kappa shape index (κ2) is 1.62. The molecule has 0 aromatic carbocycles. The Morgan fingerprint density at radius 1 is 1.56 bits per heavy atom. The quantitative estimate of drug-likeness (QED) is 0.557. The van der Waals surface area contributed by atoms with Crippen LogP contribution in [0.15, 0.2) is 0 Å². The molecule has 0 bridgehead atoms. The minimum atomic E-state index is -0.244. The van der Waals surface area contributed by atoms with Crippen LogP contribution in [-0.2, 0) is 4.74 Å². The van der Waals surface area contributed by atoms with E-state index in [2.05, 4.69) is 5.32 Å². The molecule has 0 aromatic heterocycles. The molecule has 3 heteroatoms. The molecule has 0 radical (unpaired) electrons. The second-order valence-corrected chi connectivity index (χ2v) is 2.66. The van der Waals surface area contributed by atoms with Gasteiger partial charge in [-0.3, -0.25) is 0 Å². The van der Waals surface area contributed by atoms with E-state index in [0.717, 1.165) is 6.54 Å². The molecule has 9 heavy (non-hydrogen) atoms. The molecule has 1 heterocycles. The minimum Gasteiger partial charge on any atom is -0.444 e. The van der Waals surface area contributed by atoms with Gasteiger partial charge in [0.05, 0.1) is 6.54 Å². The van der Waals surface area contributed by atoms with E-state index < -0.39 is 0 Å². The zero-order valence-corrected chi connectivity index (χ0v) is 5.09. The molecule has 1 N–H and O–H groups in total. The number of ether oxygens (including phenoxy) is 1. The molecule has 3 nitrogen and oxygen atoms in total. The van der Waals surface area contributed by atoms with Crippen LogP contribution < -0.4 is 5.32 Å². The minimum absolute atomic E-state index is 0.192. The van der Waals surface area contributed by atoms with Crippen LogP contribution in [0.4, 0.5) is 4.79 Å². The van der Waals surface area contributed by atoms with Crippen LogP contribution >= 0.6 is 0 Å². The summed E-state index contributed by atoms with van der Waals surface area (Å²) in [5.74, 6) is 0.670. The molecular weight excluding hydrogens is 118 g/mol. The summed E-state index contributed by atoms with van der Waals surface area (Å²) < 4.78 is 4.94. The third-order valence-electron chi connectivity index (χ3n) is 1.85. The Bertz CT molecular complexity index is 142. The maximum absolute atomic E-state index is 10.5. The van der Waals surface area contributed by atoms with Crippen molar-refractivity contribution in [3.05, 3.63) is 0 Å². The maximum atomic E-state index is 10.5. The van der Waals surface area contributed by atoms with Crippen molar-refractivity contribution >= 4 is 6.09 Å². The first-order valence-corrected chi connectivity index (χ1v) is 3.31. The number of nitrogens with one attached hydrogen (secondary N) is 1. The van der Waals surface area contributed by atoms with Crippen LogP contribution in [0, 0.1) is 5.92 Å². The lowest BCUT2D eigenvalue weighted by Gasteiger charge is -2.01. The molecule has 1 saturated carbocycles. The first-order chi connectivity index (χ1) is 4.36. The van der Waals surface area contributed by atoms with Crippen LogP contribution in [0.5, 0.6) is 0 Å². The van der Waals surface area contributed by atoms with Gasteiger partial charge in [0, 0.05) is 0 Å². The number of rotatable bonds is 1. The first-order valence-electron chi connectivity index (χ1n) is 3.31. The van der Waals surface area contributed by atoms with Gasteiger partial charge in [-0.15, -0.1) is 0 Å². The summed E-state index contributed by atoms with van der Waals surface area (Å²) in [7, 11) is 0. The van der Waals surface area contributed by atoms with Crippen LogP contribution in [0.2, 0.25) is 0 Å². The fourth-order valence-electron chi connectivity index (χ4n) is 1.14. The van der Waals surface area contributed by atoms with Crippen molar-refractivity contribution in [1.82, 2.24) is 5.32 Å². The van der Waals surface area contributed by atoms with Gasteiger partial charge in [0.15, 0.2) is 0 Å². The lowest BCUT2D eigenvalue weighted by atomic mass is 10.2. The molecule has 1 aliphatic heterocycles. The molecule has 1 amide bonds. The topological polar surface area (TPSA) is 38.3 Å². The number of carbonyl (C=O) groups is 1. The van der Waals surface area contributed by atoms with Crippen molar-refractivity contribution in [2.75, 3.05) is 6.54 Å². The Morgan fingerprint density at radius 3 is 2.78 bits per heavy atom. The van der Waals surface area contributed by atoms with Crippen LogP contribution in [0.3, 0.4) is 0 Å². The standard InChI is InChI=1S/C6H9NO2/c8-6-7-3-5(9-6)4-1-2-4/h4-5H,1-3H2,(H,7,8)/t5-/m0/s1. The summed E-state index contributed by atoms with van der Waals surface area (Å²) in [6.07, 6.45) is 2.42. The van der Waals surface area contributed by atoms with E-state index in [-0.39, 0.29) is 12.2 Å². The van der Waals surface area contributed by atoms with E-state index in [1.807, 2.05) is 0 Å². The zero-order chi connectivity index (χ0) is 6.27. The lowest BCUT2D eigenvalue weighted by Crippen LogP contribution is -2.16. The van der Waals surface area contributed by atoms with Gasteiger partial charge in [0.25, 0.3) is 0 Å². The van der Waals surface area contributed by atoms with Crippen molar-refractivity contribution in [2.24, 2.45) is 5.92 Å². The largest absolute Gasteiger partial charge is 0.444 e. The van der Waals surface area contributed by atoms with Gasteiger partial charge < -0.3 is 10.1 Å². The summed E-state index contributed by atoms with van der Waals surface area (Å²) in [5, 5.41) is 2.63. The van der Waals surface area contributed by atoms with E-state index >= 15 is 0 Å². The van der Waals surface area contributed by atoms with E-state index in [9.17, 15) is 4.79 Å². The Morgan fingerprint density at radius 2 is 2.33 bits per heavy atom. The molecule has 0 spiro atoms. The first kappa shape index (κ1) is 5.09. The lowest BCUT2D eigenvalue weighted by molar-refractivity contribution is 0.129. The Hall–Kier alpha value is -0.730. The summed E-state index contributed by atoms with van der Waals surface area (Å²) in [4.78, 5) is 10.5. The molecule has 50 valence electrons. The number of alkyl carbamates (subject to hydrolysis) is 1. The van der Waals surface area contributed by atoms with Gasteiger partial charge in [-0.2, -0.15) is 0 Å². The third kappa shape index (κ3) is 0.866. The Kier molecular flexibility index (Phi) is 0.917. The molecule has 1 saturated heterocycles. The van der Waals surface area contributed by atoms with Crippen molar-refractivity contribution < 1.29 is 9.53 Å². The van der Waals surface area contributed by atoms with Crippen molar-refractivity contribution in [3.8, 4) is 0 Å². The molecule has 2 aliphatic rings. The Labute approximate surface area is 53.4 Å². The maximum Gasteiger partial charge on any atom is 0.407 e. The highest BCUT2D eigenvalue weighted by Crippen LogP contribution is 2.35. The smallest absolute Gasteiger partial charge is 0.407 e. The molecule has 1 aliphatic carbocycles. The van der Waals surface area contributed by atoms with Gasteiger partial charge >= 0.3 is 6.09 Å². The monoisotopic (exact) mass is 127 g/mol. The highest BCUT2D eigenvalue weighted by atomic mass is 16.6. The van der Waals surface area contributed by atoms with Crippen molar-refractivity contribution in [1.29, 1.82) is 0 Å². The normalized spacial score (nSPS) is 33.8. The highest BCUT2D eigenvalue weighted by molar-refractivity contribution is 5.69. The SMILES string of the molecule is O=C1NC[C@@H](C2CC2)O1. The predicted octanol–water partition coefficient (Wildman–Crippen LogP) is 0.505. The molecule has 1 atom stereocenters. The zero-order valence-electron chi connectivity index (χ0n) is 5.09. The molecular formula is C6H9NO2. The second-order valence-electron chi connectivity index (χ2n) is 2.66. The summed E-state index contributed by atoms with van der Waals surface area (Å²) in [5.41, 5.74) is 0. The van der Waals surface area contributed by atoms with Gasteiger partial charge in [0.1, 0.15) is 6.10 Å². The number of hydrogen-bond donors (Lipinski definition) is 1. The molecule has 0 aromatic rings. The van der Waals surface area contributed by atoms with Gasteiger partial charge in [-0.25, -0.2) is 4.79 Å². The van der Waals surface area contributed by atoms with E-state index in [0.29, 0.717) is 5.92 Å². The highest BCUT2D eigenvalue weighted by Gasteiger charge is 2.37. The number of hydrogen-bond acceptors (Lipinski definition) is 2. The van der Waals surface area contributed by atoms with Crippen LogP contribution in [0.1, 0.15) is 12.8 Å². The molecule has 0 unspecified atom stereocenters. The van der Waals surface area contributed by atoms with Gasteiger partial charge in [-0.05, 0) is 18.8 Å².